The van der Waals surface area contributed by atoms with Crippen LogP contribution in [-0.2, 0) is 6.42 Å². The predicted molar refractivity (Wildman–Crippen MR) is 151 cm³/mol. The maximum Gasteiger partial charge on any atom is 0.252 e. The van der Waals surface area contributed by atoms with Crippen LogP contribution in [0.15, 0.2) is 84.9 Å². The van der Waals surface area contributed by atoms with Crippen LogP contribution in [0.1, 0.15) is 28.8 Å². The summed E-state index contributed by atoms with van der Waals surface area (Å²) in [6, 6.07) is 28.6. The van der Waals surface area contributed by atoms with Crippen molar-refractivity contribution in [1.29, 1.82) is 0 Å². The Labute approximate surface area is 218 Å². The smallest absolute Gasteiger partial charge is 0.252 e. The summed E-state index contributed by atoms with van der Waals surface area (Å²) >= 11 is 0. The minimum absolute atomic E-state index is 0.0311. The van der Waals surface area contributed by atoms with Gasteiger partial charge in [-0.1, -0.05) is 48.5 Å². The number of amides is 1. The Morgan fingerprint density at radius 3 is 2.32 bits per heavy atom. The Balaban J connectivity index is 1.23. The number of benzene rings is 3. The third kappa shape index (κ3) is 6.02. The molecule has 6 heteroatoms. The van der Waals surface area contributed by atoms with E-state index in [9.17, 15) is 4.79 Å². The molecule has 0 saturated carbocycles. The predicted octanol–water partition coefficient (Wildman–Crippen LogP) is 5.32. The van der Waals surface area contributed by atoms with E-state index in [2.05, 4.69) is 51.5 Å². The maximum absolute atomic E-state index is 13.2. The standard InChI is InChI=1S/C31H34N4O2/c1-37-26-16-14-25(15-17-26)34-19-21-35(22-20-34)30-23-28(27-12-5-6-13-29(27)33-30)31(36)32-18-8-7-11-24-9-3-2-4-10-24/h2-6,9-10,12-17,23H,7-8,11,18-22H2,1H3,(H,32,36). The van der Waals surface area contributed by atoms with Gasteiger partial charge in [-0.2, -0.15) is 0 Å². The van der Waals surface area contributed by atoms with Crippen molar-refractivity contribution >= 4 is 28.3 Å². The van der Waals surface area contributed by atoms with E-state index in [1.54, 1.807) is 7.11 Å². The van der Waals surface area contributed by atoms with Crippen LogP contribution in [-0.4, -0.2) is 50.7 Å². The number of pyridine rings is 1. The molecule has 2 heterocycles. The van der Waals surface area contributed by atoms with E-state index in [1.165, 1.54) is 11.3 Å². The van der Waals surface area contributed by atoms with E-state index in [0.29, 0.717) is 12.1 Å². The minimum atomic E-state index is -0.0311. The molecule has 1 aromatic heterocycles. The topological polar surface area (TPSA) is 57.7 Å². The number of carbonyl (C=O) groups is 1. The molecule has 1 fully saturated rings. The number of nitrogens with zero attached hydrogens (tertiary/aromatic N) is 3. The highest BCUT2D eigenvalue weighted by Gasteiger charge is 2.21. The molecule has 1 amide bonds. The first kappa shape index (κ1) is 24.6. The zero-order chi connectivity index (χ0) is 25.5. The molecule has 0 atom stereocenters. The Hall–Kier alpha value is -4.06. The van der Waals surface area contributed by atoms with Gasteiger partial charge >= 0.3 is 0 Å². The normalized spacial score (nSPS) is 13.5. The highest BCUT2D eigenvalue weighted by molar-refractivity contribution is 6.07. The second kappa shape index (κ2) is 11.8. The number of para-hydroxylation sites is 1. The molecule has 1 N–H and O–H groups in total. The van der Waals surface area contributed by atoms with Crippen molar-refractivity contribution in [2.75, 3.05) is 49.6 Å². The van der Waals surface area contributed by atoms with Gasteiger partial charge in [-0.15, -0.1) is 0 Å². The number of hydrogen-bond acceptors (Lipinski definition) is 5. The van der Waals surface area contributed by atoms with Crippen molar-refractivity contribution in [2.24, 2.45) is 0 Å². The third-order valence-corrected chi connectivity index (χ3v) is 7.01. The zero-order valence-electron chi connectivity index (χ0n) is 21.4. The molecule has 1 aliphatic heterocycles. The van der Waals surface area contributed by atoms with Crippen LogP contribution in [0.4, 0.5) is 11.5 Å². The molecule has 0 spiro atoms. The quantitative estimate of drug-likeness (QED) is 0.319. The van der Waals surface area contributed by atoms with Gasteiger partial charge in [-0.25, -0.2) is 4.98 Å². The Bertz CT molecular complexity index is 1320. The molecule has 0 unspecified atom stereocenters. The van der Waals surface area contributed by atoms with E-state index >= 15 is 0 Å². The average molecular weight is 495 g/mol. The van der Waals surface area contributed by atoms with Crippen molar-refractivity contribution in [1.82, 2.24) is 10.3 Å². The average Bonchev–Trinajstić information content (AvgIpc) is 2.97. The second-order valence-corrected chi connectivity index (χ2v) is 9.42. The molecule has 1 aliphatic rings. The number of rotatable bonds is 9. The molecule has 5 rings (SSSR count). The molecular weight excluding hydrogens is 460 g/mol. The summed E-state index contributed by atoms with van der Waals surface area (Å²) in [5.41, 5.74) is 4.08. The van der Waals surface area contributed by atoms with Crippen molar-refractivity contribution in [3.8, 4) is 5.75 Å². The van der Waals surface area contributed by atoms with Crippen LogP contribution >= 0.6 is 0 Å². The van der Waals surface area contributed by atoms with Crippen molar-refractivity contribution in [3.63, 3.8) is 0 Å². The summed E-state index contributed by atoms with van der Waals surface area (Å²) < 4.78 is 5.28. The lowest BCUT2D eigenvalue weighted by atomic mass is 10.1. The Morgan fingerprint density at radius 1 is 0.865 bits per heavy atom. The van der Waals surface area contributed by atoms with E-state index in [-0.39, 0.29) is 5.91 Å². The number of fused-ring (bicyclic) bond motifs is 1. The van der Waals surface area contributed by atoms with Gasteiger partial charge in [0.05, 0.1) is 18.2 Å². The number of carbonyl (C=O) groups excluding carboxylic acids is 1. The molecule has 6 nitrogen and oxygen atoms in total. The number of hydrogen-bond donors (Lipinski definition) is 1. The maximum atomic E-state index is 13.2. The highest BCUT2D eigenvalue weighted by Crippen LogP contribution is 2.26. The van der Waals surface area contributed by atoms with Crippen LogP contribution in [0.25, 0.3) is 10.9 Å². The highest BCUT2D eigenvalue weighted by atomic mass is 16.5. The van der Waals surface area contributed by atoms with E-state index < -0.39 is 0 Å². The van der Waals surface area contributed by atoms with E-state index in [0.717, 1.165) is 67.9 Å². The number of nitrogens with one attached hydrogen (secondary N) is 1. The first-order valence-corrected chi connectivity index (χ1v) is 13.1. The minimum Gasteiger partial charge on any atom is -0.497 e. The van der Waals surface area contributed by atoms with Gasteiger partial charge < -0.3 is 19.9 Å². The Kier molecular flexibility index (Phi) is 7.84. The van der Waals surface area contributed by atoms with Gasteiger partial charge in [0, 0.05) is 43.8 Å². The summed E-state index contributed by atoms with van der Waals surface area (Å²) in [5, 5.41) is 4.04. The van der Waals surface area contributed by atoms with Crippen molar-refractivity contribution in [3.05, 3.63) is 96.1 Å². The lowest BCUT2D eigenvalue weighted by molar-refractivity contribution is 0.0954. The summed E-state index contributed by atoms with van der Waals surface area (Å²) in [6.45, 7) is 4.14. The van der Waals surface area contributed by atoms with Crippen LogP contribution in [0.3, 0.4) is 0 Å². The Morgan fingerprint density at radius 2 is 1.57 bits per heavy atom. The monoisotopic (exact) mass is 494 g/mol. The lowest BCUT2D eigenvalue weighted by Gasteiger charge is -2.37. The summed E-state index contributed by atoms with van der Waals surface area (Å²) in [4.78, 5) is 22.8. The number of anilines is 2. The number of piperazine rings is 1. The number of aryl methyl sites for hydroxylation is 1. The summed E-state index contributed by atoms with van der Waals surface area (Å²) in [5.74, 6) is 1.70. The molecule has 3 aromatic carbocycles. The first-order chi connectivity index (χ1) is 18.2. The summed E-state index contributed by atoms with van der Waals surface area (Å²) in [6.07, 6.45) is 3.02. The fourth-order valence-corrected chi connectivity index (χ4v) is 4.89. The van der Waals surface area contributed by atoms with Gasteiger partial charge in [0.2, 0.25) is 0 Å². The van der Waals surface area contributed by atoms with Gasteiger partial charge in [0.1, 0.15) is 11.6 Å². The molecule has 0 bridgehead atoms. The molecule has 4 aromatic rings. The summed E-state index contributed by atoms with van der Waals surface area (Å²) in [7, 11) is 1.69. The van der Waals surface area contributed by atoms with Crippen LogP contribution < -0.4 is 19.9 Å². The lowest BCUT2D eigenvalue weighted by Crippen LogP contribution is -2.47. The van der Waals surface area contributed by atoms with E-state index in [4.69, 9.17) is 9.72 Å². The molecule has 37 heavy (non-hydrogen) atoms. The molecule has 0 aliphatic carbocycles. The van der Waals surface area contributed by atoms with Crippen LogP contribution in [0.5, 0.6) is 5.75 Å². The van der Waals surface area contributed by atoms with Crippen LogP contribution in [0.2, 0.25) is 0 Å². The van der Waals surface area contributed by atoms with Gasteiger partial charge in [0.25, 0.3) is 5.91 Å². The molecule has 1 saturated heterocycles. The van der Waals surface area contributed by atoms with Crippen molar-refractivity contribution in [2.45, 2.75) is 19.3 Å². The second-order valence-electron chi connectivity index (χ2n) is 9.42. The largest absolute Gasteiger partial charge is 0.497 e. The number of methoxy groups -OCH3 is 1. The van der Waals surface area contributed by atoms with Crippen molar-refractivity contribution < 1.29 is 9.53 Å². The molecular formula is C31H34N4O2. The molecule has 190 valence electrons. The van der Waals surface area contributed by atoms with Gasteiger partial charge in [0.15, 0.2) is 0 Å². The SMILES string of the molecule is COc1ccc(N2CCN(c3cc(C(=O)NCCCCc4ccccc4)c4ccccc4n3)CC2)cc1. The number of ether oxygens (including phenoxy) is 1. The first-order valence-electron chi connectivity index (χ1n) is 13.1. The fourth-order valence-electron chi connectivity index (χ4n) is 4.89. The number of aromatic nitrogens is 1. The van der Waals surface area contributed by atoms with E-state index in [1.807, 2.05) is 48.5 Å². The fraction of sp³-hybridized carbons (Fsp3) is 0.290. The third-order valence-electron chi connectivity index (χ3n) is 7.01. The molecule has 0 radical (unpaired) electrons. The zero-order valence-corrected chi connectivity index (χ0v) is 21.4. The van der Waals surface area contributed by atoms with Gasteiger partial charge in [-0.3, -0.25) is 4.79 Å². The van der Waals surface area contributed by atoms with Crippen LogP contribution in [0, 0.1) is 0 Å². The van der Waals surface area contributed by atoms with Gasteiger partial charge in [-0.05, 0) is 61.2 Å². The number of unbranched alkanes of at least 4 members (excludes halogenated alkanes) is 1.